The molecule has 0 bridgehead atoms. The molecular formula is C11H18N4O3. The van der Waals surface area contributed by atoms with Crippen LogP contribution in [0.15, 0.2) is 12.4 Å². The minimum absolute atomic E-state index is 0.0937. The van der Waals surface area contributed by atoms with Crippen LogP contribution in [0.4, 0.5) is 0 Å². The normalized spacial score (nSPS) is 21.6. The minimum Gasteiger partial charge on any atom is -0.376 e. The number of hydrogen-bond acceptors (Lipinski definition) is 5. The number of nitrogens with zero attached hydrogens (tertiary/aromatic N) is 2. The second-order valence-corrected chi connectivity index (χ2v) is 4.24. The van der Waals surface area contributed by atoms with Crippen molar-refractivity contribution in [3.63, 3.8) is 0 Å². The number of ether oxygens (including phenoxy) is 2. The fourth-order valence-electron chi connectivity index (χ4n) is 1.73. The second kappa shape index (κ2) is 5.94. The van der Waals surface area contributed by atoms with E-state index < -0.39 is 6.04 Å². The highest BCUT2D eigenvalue weighted by Gasteiger charge is 2.20. The van der Waals surface area contributed by atoms with Crippen molar-refractivity contribution in [1.82, 2.24) is 15.1 Å². The molecule has 0 aromatic carbocycles. The van der Waals surface area contributed by atoms with Gasteiger partial charge in [-0.15, -0.1) is 0 Å². The largest absolute Gasteiger partial charge is 0.376 e. The van der Waals surface area contributed by atoms with Crippen LogP contribution in [0.1, 0.15) is 11.6 Å². The molecule has 1 amide bonds. The molecule has 0 spiro atoms. The SMILES string of the molecule is Cn1cc(C(N)C(=O)NCC2COCCO2)cn1. The summed E-state index contributed by atoms with van der Waals surface area (Å²) in [7, 11) is 1.78. The zero-order valence-corrected chi connectivity index (χ0v) is 10.3. The van der Waals surface area contributed by atoms with E-state index in [2.05, 4.69) is 10.4 Å². The molecule has 3 N–H and O–H groups in total. The predicted octanol–water partition coefficient (Wildman–Crippen LogP) is -1.05. The van der Waals surface area contributed by atoms with Crippen LogP contribution in [0.5, 0.6) is 0 Å². The fourth-order valence-corrected chi connectivity index (χ4v) is 1.73. The highest BCUT2D eigenvalue weighted by molar-refractivity contribution is 5.82. The van der Waals surface area contributed by atoms with Crippen LogP contribution in [0.25, 0.3) is 0 Å². The number of hydrogen-bond donors (Lipinski definition) is 2. The van der Waals surface area contributed by atoms with E-state index in [4.69, 9.17) is 15.2 Å². The Morgan fingerprint density at radius 3 is 3.17 bits per heavy atom. The first-order valence-corrected chi connectivity index (χ1v) is 5.88. The maximum absolute atomic E-state index is 11.8. The summed E-state index contributed by atoms with van der Waals surface area (Å²) in [6, 6.07) is -0.705. The highest BCUT2D eigenvalue weighted by Crippen LogP contribution is 2.08. The van der Waals surface area contributed by atoms with Crippen molar-refractivity contribution < 1.29 is 14.3 Å². The fraction of sp³-hybridized carbons (Fsp3) is 0.636. The van der Waals surface area contributed by atoms with E-state index in [1.54, 1.807) is 24.1 Å². The molecule has 1 aliphatic heterocycles. The lowest BCUT2D eigenvalue weighted by molar-refractivity contribution is -0.125. The minimum atomic E-state index is -0.705. The van der Waals surface area contributed by atoms with Gasteiger partial charge in [-0.3, -0.25) is 9.48 Å². The number of amides is 1. The van der Waals surface area contributed by atoms with Crippen molar-refractivity contribution in [1.29, 1.82) is 0 Å². The van der Waals surface area contributed by atoms with Gasteiger partial charge in [0.25, 0.3) is 0 Å². The van der Waals surface area contributed by atoms with Gasteiger partial charge in [0, 0.05) is 25.4 Å². The van der Waals surface area contributed by atoms with Gasteiger partial charge in [0.05, 0.1) is 32.1 Å². The number of carbonyl (C=O) groups excluding carboxylic acids is 1. The smallest absolute Gasteiger partial charge is 0.241 e. The van der Waals surface area contributed by atoms with Crippen LogP contribution < -0.4 is 11.1 Å². The van der Waals surface area contributed by atoms with Gasteiger partial charge in [-0.1, -0.05) is 0 Å². The summed E-state index contributed by atoms with van der Waals surface area (Å²) in [5, 5.41) is 6.74. The zero-order chi connectivity index (χ0) is 13.0. The maximum Gasteiger partial charge on any atom is 0.241 e. The van der Waals surface area contributed by atoms with E-state index in [9.17, 15) is 4.79 Å². The molecule has 1 aromatic rings. The summed E-state index contributed by atoms with van der Waals surface area (Å²) < 4.78 is 12.3. The molecule has 18 heavy (non-hydrogen) atoms. The molecule has 1 aliphatic rings. The Morgan fingerprint density at radius 1 is 1.72 bits per heavy atom. The molecule has 2 unspecified atom stereocenters. The molecule has 1 saturated heterocycles. The monoisotopic (exact) mass is 254 g/mol. The number of aryl methyl sites for hydroxylation is 1. The Morgan fingerprint density at radius 2 is 2.56 bits per heavy atom. The van der Waals surface area contributed by atoms with Crippen LogP contribution in [-0.2, 0) is 21.3 Å². The van der Waals surface area contributed by atoms with Crippen molar-refractivity contribution in [3.8, 4) is 0 Å². The van der Waals surface area contributed by atoms with Crippen molar-refractivity contribution >= 4 is 5.91 Å². The third-order valence-electron chi connectivity index (χ3n) is 2.76. The Balaban J connectivity index is 1.80. The maximum atomic E-state index is 11.8. The first kappa shape index (κ1) is 13.0. The van der Waals surface area contributed by atoms with Gasteiger partial charge >= 0.3 is 0 Å². The third-order valence-corrected chi connectivity index (χ3v) is 2.76. The first-order chi connectivity index (χ1) is 8.66. The van der Waals surface area contributed by atoms with Crippen LogP contribution in [0, 0.1) is 0 Å². The zero-order valence-electron chi connectivity index (χ0n) is 10.3. The van der Waals surface area contributed by atoms with Gasteiger partial charge in [0.15, 0.2) is 0 Å². The molecule has 2 atom stereocenters. The molecule has 0 radical (unpaired) electrons. The number of nitrogens with one attached hydrogen (secondary N) is 1. The van der Waals surface area contributed by atoms with E-state index in [-0.39, 0.29) is 12.0 Å². The van der Waals surface area contributed by atoms with E-state index in [1.807, 2.05) is 0 Å². The molecule has 2 rings (SSSR count). The van der Waals surface area contributed by atoms with E-state index >= 15 is 0 Å². The van der Waals surface area contributed by atoms with Crippen molar-refractivity contribution in [2.24, 2.45) is 12.8 Å². The van der Waals surface area contributed by atoms with Crippen LogP contribution in [0.2, 0.25) is 0 Å². The molecule has 100 valence electrons. The topological polar surface area (TPSA) is 91.4 Å². The molecule has 7 heteroatoms. The molecular weight excluding hydrogens is 236 g/mol. The summed E-state index contributed by atoms with van der Waals surface area (Å²) in [6.45, 7) is 2.09. The number of nitrogens with two attached hydrogens (primary N) is 1. The third kappa shape index (κ3) is 3.28. The summed E-state index contributed by atoms with van der Waals surface area (Å²) in [4.78, 5) is 11.8. The Hall–Kier alpha value is -1.44. The molecule has 7 nitrogen and oxygen atoms in total. The molecule has 1 fully saturated rings. The second-order valence-electron chi connectivity index (χ2n) is 4.24. The van der Waals surface area contributed by atoms with Crippen LogP contribution in [-0.4, -0.2) is 48.2 Å². The van der Waals surface area contributed by atoms with E-state index in [1.165, 1.54) is 0 Å². The number of aromatic nitrogens is 2. The van der Waals surface area contributed by atoms with Gasteiger partial charge in [0.1, 0.15) is 6.04 Å². The lowest BCUT2D eigenvalue weighted by atomic mass is 10.1. The van der Waals surface area contributed by atoms with Crippen LogP contribution >= 0.6 is 0 Å². The Labute approximate surface area is 105 Å². The van der Waals surface area contributed by atoms with Gasteiger partial charge in [-0.2, -0.15) is 5.10 Å². The standard InChI is InChI=1S/C11H18N4O3/c1-15-6-8(4-14-15)10(12)11(16)13-5-9-7-17-2-3-18-9/h4,6,9-10H,2-3,5,7,12H2,1H3,(H,13,16). The lowest BCUT2D eigenvalue weighted by Crippen LogP contribution is -2.42. The summed E-state index contributed by atoms with van der Waals surface area (Å²) in [5.41, 5.74) is 6.52. The predicted molar refractivity (Wildman–Crippen MR) is 63.7 cm³/mol. The van der Waals surface area contributed by atoms with E-state index in [0.717, 1.165) is 0 Å². The van der Waals surface area contributed by atoms with Gasteiger partial charge in [-0.25, -0.2) is 0 Å². The number of carbonyl (C=O) groups is 1. The quantitative estimate of drug-likeness (QED) is 0.715. The first-order valence-electron chi connectivity index (χ1n) is 5.88. The van der Waals surface area contributed by atoms with Gasteiger partial charge in [0.2, 0.25) is 5.91 Å². The highest BCUT2D eigenvalue weighted by atomic mass is 16.6. The molecule has 0 saturated carbocycles. The van der Waals surface area contributed by atoms with Crippen LogP contribution in [0.3, 0.4) is 0 Å². The van der Waals surface area contributed by atoms with Gasteiger partial charge in [-0.05, 0) is 0 Å². The van der Waals surface area contributed by atoms with Gasteiger partial charge < -0.3 is 20.5 Å². The van der Waals surface area contributed by atoms with Crippen molar-refractivity contribution in [2.75, 3.05) is 26.4 Å². The molecule has 0 aliphatic carbocycles. The summed E-state index contributed by atoms with van der Waals surface area (Å²) in [6.07, 6.45) is 3.22. The average Bonchev–Trinajstić information content (AvgIpc) is 2.83. The lowest BCUT2D eigenvalue weighted by Gasteiger charge is -2.23. The number of rotatable bonds is 4. The average molecular weight is 254 g/mol. The summed E-state index contributed by atoms with van der Waals surface area (Å²) >= 11 is 0. The molecule has 1 aromatic heterocycles. The molecule has 2 heterocycles. The summed E-state index contributed by atoms with van der Waals surface area (Å²) in [5.74, 6) is -0.239. The Bertz CT molecular complexity index is 401. The Kier molecular flexibility index (Phi) is 4.29. The van der Waals surface area contributed by atoms with Crippen molar-refractivity contribution in [3.05, 3.63) is 18.0 Å². The van der Waals surface area contributed by atoms with Crippen molar-refractivity contribution in [2.45, 2.75) is 12.1 Å². The van der Waals surface area contributed by atoms with E-state index in [0.29, 0.717) is 31.9 Å².